The molecule has 0 aliphatic carbocycles. The molecule has 0 unspecified atom stereocenters. The first-order valence-corrected chi connectivity index (χ1v) is 7.21. The minimum atomic E-state index is 0.212. The van der Waals surface area contributed by atoms with Crippen LogP contribution in [0.25, 0.3) is 0 Å². The molecule has 0 amide bonds. The van der Waals surface area contributed by atoms with Gasteiger partial charge in [-0.3, -0.25) is 0 Å². The van der Waals surface area contributed by atoms with Crippen molar-refractivity contribution in [2.45, 2.75) is 19.8 Å². The van der Waals surface area contributed by atoms with E-state index in [1.54, 1.807) is 0 Å². The van der Waals surface area contributed by atoms with E-state index in [1.807, 2.05) is 0 Å². The lowest BCUT2D eigenvalue weighted by Crippen LogP contribution is -1.91. The van der Waals surface area contributed by atoms with Gasteiger partial charge in [-0.15, -0.1) is 0 Å². The van der Waals surface area contributed by atoms with Gasteiger partial charge >= 0.3 is 0 Å². The normalized spacial score (nSPS) is 10.6. The van der Waals surface area contributed by atoms with E-state index in [2.05, 4.69) is 70.6 Å². The van der Waals surface area contributed by atoms with Crippen LogP contribution in [0, 0.1) is 0 Å². The lowest BCUT2D eigenvalue weighted by Gasteiger charge is -2.12. The molecule has 1 N–H and O–H groups in total. The second kappa shape index (κ2) is 5.32. The summed E-state index contributed by atoms with van der Waals surface area (Å²) >= 11 is 13.6. The van der Waals surface area contributed by atoms with Crippen LogP contribution >= 0.6 is 63.7 Å². The van der Waals surface area contributed by atoms with Crippen molar-refractivity contribution in [3.05, 3.63) is 23.5 Å². The zero-order chi connectivity index (χ0) is 10.9. The van der Waals surface area contributed by atoms with Crippen LogP contribution in [-0.2, 0) is 6.42 Å². The van der Waals surface area contributed by atoms with Crippen molar-refractivity contribution >= 4 is 63.7 Å². The molecule has 1 rings (SSSR count). The van der Waals surface area contributed by atoms with E-state index in [0.29, 0.717) is 8.95 Å². The molecule has 0 fully saturated rings. The van der Waals surface area contributed by atoms with Gasteiger partial charge in [-0.05, 0) is 75.7 Å². The van der Waals surface area contributed by atoms with Gasteiger partial charge in [-0.25, -0.2) is 0 Å². The second-order valence-corrected chi connectivity index (χ2v) is 6.01. The average Bonchev–Trinajstić information content (AvgIpc) is 2.19. The minimum absolute atomic E-state index is 0.212. The van der Waals surface area contributed by atoms with Gasteiger partial charge in [0.15, 0.2) is 0 Å². The zero-order valence-corrected chi connectivity index (χ0v) is 13.7. The smallest absolute Gasteiger partial charge is 0.146 e. The third kappa shape index (κ3) is 2.36. The molecule has 0 saturated carbocycles. The van der Waals surface area contributed by atoms with E-state index >= 15 is 0 Å². The van der Waals surface area contributed by atoms with Crippen LogP contribution in [0.5, 0.6) is 5.75 Å². The first-order chi connectivity index (χ1) is 6.50. The van der Waals surface area contributed by atoms with Gasteiger partial charge < -0.3 is 5.11 Å². The Morgan fingerprint density at radius 2 is 1.36 bits per heavy atom. The Morgan fingerprint density at radius 1 is 0.929 bits per heavy atom. The van der Waals surface area contributed by atoms with Crippen molar-refractivity contribution in [2.24, 2.45) is 0 Å². The molecule has 0 heterocycles. The maximum absolute atomic E-state index is 9.71. The highest BCUT2D eigenvalue weighted by atomic mass is 79.9. The molecule has 0 saturated heterocycles. The van der Waals surface area contributed by atoms with Crippen LogP contribution in [-0.4, -0.2) is 5.11 Å². The van der Waals surface area contributed by atoms with Gasteiger partial charge in [0.2, 0.25) is 0 Å². The van der Waals surface area contributed by atoms with Crippen LogP contribution in [0.1, 0.15) is 18.9 Å². The third-order valence-corrected chi connectivity index (χ3v) is 6.19. The highest BCUT2D eigenvalue weighted by molar-refractivity contribution is 9.14. The van der Waals surface area contributed by atoms with E-state index in [0.717, 1.165) is 27.4 Å². The van der Waals surface area contributed by atoms with Crippen molar-refractivity contribution in [1.29, 1.82) is 0 Å². The number of phenols is 1. The highest BCUT2D eigenvalue weighted by Gasteiger charge is 2.17. The summed E-state index contributed by atoms with van der Waals surface area (Å²) in [6.45, 7) is 2.12. The van der Waals surface area contributed by atoms with Crippen LogP contribution in [0.15, 0.2) is 17.9 Å². The summed E-state index contributed by atoms with van der Waals surface area (Å²) in [4.78, 5) is 0. The Bertz CT molecular complexity index is 333. The quantitative estimate of drug-likeness (QED) is 0.597. The van der Waals surface area contributed by atoms with E-state index in [4.69, 9.17) is 0 Å². The molecule has 0 aliphatic heterocycles. The fourth-order valence-corrected chi connectivity index (χ4v) is 3.71. The van der Waals surface area contributed by atoms with E-state index in [-0.39, 0.29) is 5.75 Å². The molecule has 1 nitrogen and oxygen atoms in total. The predicted octanol–water partition coefficient (Wildman–Crippen LogP) is 5.39. The van der Waals surface area contributed by atoms with Gasteiger partial charge in [0.1, 0.15) is 5.75 Å². The van der Waals surface area contributed by atoms with E-state index in [9.17, 15) is 5.11 Å². The molecule has 1 aromatic carbocycles. The molecule has 0 atom stereocenters. The monoisotopic (exact) mass is 448 g/mol. The van der Waals surface area contributed by atoms with Crippen molar-refractivity contribution in [2.75, 3.05) is 0 Å². The standard InChI is InChI=1S/C9H8Br4O/c1-2-3-4-5(10)7(12)9(14)8(13)6(4)11/h14H,2-3H2,1H3. The Balaban J connectivity index is 3.43. The summed E-state index contributed by atoms with van der Waals surface area (Å²) in [5.74, 6) is 0.212. The number of aromatic hydroxyl groups is 1. The number of rotatable bonds is 2. The van der Waals surface area contributed by atoms with Gasteiger partial charge in [0, 0.05) is 8.95 Å². The number of phenolic OH excluding ortho intramolecular Hbond substituents is 1. The Labute approximate surface area is 117 Å². The molecule has 1 aromatic rings. The fraction of sp³-hybridized carbons (Fsp3) is 0.333. The van der Waals surface area contributed by atoms with Crippen molar-refractivity contribution in [3.8, 4) is 5.75 Å². The summed E-state index contributed by atoms with van der Waals surface area (Å²) in [6, 6.07) is 0. The van der Waals surface area contributed by atoms with Crippen molar-refractivity contribution in [1.82, 2.24) is 0 Å². The molecule has 5 heteroatoms. The van der Waals surface area contributed by atoms with Gasteiger partial charge in [-0.2, -0.15) is 0 Å². The molecule has 14 heavy (non-hydrogen) atoms. The van der Waals surface area contributed by atoms with Crippen molar-refractivity contribution in [3.63, 3.8) is 0 Å². The van der Waals surface area contributed by atoms with Gasteiger partial charge in [-0.1, -0.05) is 13.3 Å². The van der Waals surface area contributed by atoms with Crippen LogP contribution in [0.3, 0.4) is 0 Å². The van der Waals surface area contributed by atoms with Crippen molar-refractivity contribution < 1.29 is 5.11 Å². The zero-order valence-electron chi connectivity index (χ0n) is 7.37. The molecule has 78 valence electrons. The summed E-state index contributed by atoms with van der Waals surface area (Å²) in [5, 5.41) is 9.71. The van der Waals surface area contributed by atoms with Crippen LogP contribution in [0.4, 0.5) is 0 Å². The number of halogens is 4. The largest absolute Gasteiger partial charge is 0.505 e. The SMILES string of the molecule is CCCc1c(Br)c(Br)c(O)c(Br)c1Br. The molecule has 0 bridgehead atoms. The highest BCUT2D eigenvalue weighted by Crippen LogP contribution is 2.45. The first-order valence-electron chi connectivity index (χ1n) is 4.04. The molecule has 0 spiro atoms. The van der Waals surface area contributed by atoms with Gasteiger partial charge in [0.05, 0.1) is 8.95 Å². The third-order valence-electron chi connectivity index (χ3n) is 1.83. The van der Waals surface area contributed by atoms with Gasteiger partial charge in [0.25, 0.3) is 0 Å². The van der Waals surface area contributed by atoms with E-state index in [1.165, 1.54) is 0 Å². The molecule has 0 aromatic heterocycles. The van der Waals surface area contributed by atoms with Crippen LogP contribution in [0.2, 0.25) is 0 Å². The lowest BCUT2D eigenvalue weighted by molar-refractivity contribution is 0.467. The van der Waals surface area contributed by atoms with Crippen LogP contribution < -0.4 is 0 Å². The fourth-order valence-electron chi connectivity index (χ4n) is 1.14. The first kappa shape index (κ1) is 13.0. The topological polar surface area (TPSA) is 20.2 Å². The Kier molecular flexibility index (Phi) is 4.95. The number of hydrogen-bond donors (Lipinski definition) is 1. The summed E-state index contributed by atoms with van der Waals surface area (Å²) in [6.07, 6.45) is 2.01. The maximum Gasteiger partial charge on any atom is 0.146 e. The lowest BCUT2D eigenvalue weighted by atomic mass is 10.1. The number of benzene rings is 1. The molecule has 0 aliphatic rings. The average molecular weight is 452 g/mol. The molecular formula is C9H8Br4O. The summed E-state index contributed by atoms with van der Waals surface area (Å²) in [7, 11) is 0. The number of hydrogen-bond acceptors (Lipinski definition) is 1. The predicted molar refractivity (Wildman–Crippen MR) is 72.9 cm³/mol. The Hall–Kier alpha value is 0.940. The minimum Gasteiger partial charge on any atom is -0.505 e. The maximum atomic E-state index is 9.71. The molecular weight excluding hydrogens is 444 g/mol. The Morgan fingerprint density at radius 3 is 1.71 bits per heavy atom. The summed E-state index contributed by atoms with van der Waals surface area (Å²) in [5.41, 5.74) is 1.16. The second-order valence-electron chi connectivity index (χ2n) is 2.83. The summed E-state index contributed by atoms with van der Waals surface area (Å²) < 4.78 is 3.20. The molecule has 0 radical (unpaired) electrons. The van der Waals surface area contributed by atoms with E-state index < -0.39 is 0 Å².